The highest BCUT2D eigenvalue weighted by molar-refractivity contribution is 5.53. The van der Waals surface area contributed by atoms with Crippen LogP contribution in [-0.4, -0.2) is 24.6 Å². The summed E-state index contributed by atoms with van der Waals surface area (Å²) in [5.74, 6) is 0. The van der Waals surface area contributed by atoms with E-state index in [1.54, 1.807) is 0 Å². The smallest absolute Gasteiger partial charge is 0.0444 e. The van der Waals surface area contributed by atoms with Crippen LogP contribution in [0.2, 0.25) is 0 Å². The van der Waals surface area contributed by atoms with Gasteiger partial charge in [-0.25, -0.2) is 0 Å². The number of nitrogens with one attached hydrogen (secondary N) is 1. The summed E-state index contributed by atoms with van der Waals surface area (Å²) < 4.78 is 0. The van der Waals surface area contributed by atoms with Crippen LogP contribution in [0.4, 0.5) is 5.69 Å². The molecule has 0 aromatic carbocycles. The molecular formula is C13H23N3. The van der Waals surface area contributed by atoms with Crippen molar-refractivity contribution in [2.24, 2.45) is 0 Å². The van der Waals surface area contributed by atoms with Crippen molar-refractivity contribution >= 4 is 5.69 Å². The topological polar surface area (TPSA) is 28.2 Å². The van der Waals surface area contributed by atoms with E-state index in [2.05, 4.69) is 49.1 Å². The molecule has 0 bridgehead atoms. The Bertz CT molecular complexity index is 334. The van der Waals surface area contributed by atoms with E-state index in [9.17, 15) is 0 Å². The van der Waals surface area contributed by atoms with Crippen molar-refractivity contribution in [3.8, 4) is 0 Å². The molecule has 0 radical (unpaired) electrons. The summed E-state index contributed by atoms with van der Waals surface area (Å²) in [6, 6.07) is 2.09. The summed E-state index contributed by atoms with van der Waals surface area (Å²) in [5.41, 5.74) is 2.68. The van der Waals surface area contributed by atoms with E-state index in [0.29, 0.717) is 0 Å². The van der Waals surface area contributed by atoms with Crippen LogP contribution in [-0.2, 0) is 6.54 Å². The first-order valence-corrected chi connectivity index (χ1v) is 5.84. The van der Waals surface area contributed by atoms with Crippen molar-refractivity contribution in [1.29, 1.82) is 0 Å². The second-order valence-electron chi connectivity index (χ2n) is 4.76. The van der Waals surface area contributed by atoms with Gasteiger partial charge in [0.05, 0.1) is 0 Å². The fourth-order valence-corrected chi connectivity index (χ4v) is 1.64. The Balaban J connectivity index is 3.02. The number of hydrogen-bond donors (Lipinski definition) is 1. The maximum Gasteiger partial charge on any atom is 0.0444 e. The summed E-state index contributed by atoms with van der Waals surface area (Å²) in [6.07, 6.45) is 4.91. The SMILES string of the molecule is CCC(C)(C)N(C)c1ccncc1CNC. The van der Waals surface area contributed by atoms with Crippen LogP contribution in [0.25, 0.3) is 0 Å². The van der Waals surface area contributed by atoms with Crippen LogP contribution in [0.15, 0.2) is 18.5 Å². The van der Waals surface area contributed by atoms with Crippen LogP contribution in [0, 0.1) is 0 Å². The maximum atomic E-state index is 4.19. The van der Waals surface area contributed by atoms with Crippen molar-refractivity contribution in [1.82, 2.24) is 10.3 Å². The second-order valence-corrected chi connectivity index (χ2v) is 4.76. The lowest BCUT2D eigenvalue weighted by Gasteiger charge is -2.37. The fourth-order valence-electron chi connectivity index (χ4n) is 1.64. The van der Waals surface area contributed by atoms with Crippen molar-refractivity contribution < 1.29 is 0 Å². The third-order valence-electron chi connectivity index (χ3n) is 3.38. The van der Waals surface area contributed by atoms with Gasteiger partial charge in [-0.05, 0) is 33.4 Å². The molecule has 0 aliphatic carbocycles. The van der Waals surface area contributed by atoms with E-state index >= 15 is 0 Å². The number of rotatable bonds is 5. The highest BCUT2D eigenvalue weighted by atomic mass is 15.2. The molecule has 0 aliphatic rings. The van der Waals surface area contributed by atoms with Gasteiger partial charge in [-0.2, -0.15) is 0 Å². The molecule has 1 heterocycles. The lowest BCUT2D eigenvalue weighted by molar-refractivity contribution is 0.469. The van der Waals surface area contributed by atoms with Crippen LogP contribution in [0.1, 0.15) is 32.8 Å². The van der Waals surface area contributed by atoms with E-state index in [4.69, 9.17) is 0 Å². The third kappa shape index (κ3) is 2.73. The maximum absolute atomic E-state index is 4.19. The fraction of sp³-hybridized carbons (Fsp3) is 0.615. The molecule has 16 heavy (non-hydrogen) atoms. The molecular weight excluding hydrogens is 198 g/mol. The number of hydrogen-bond acceptors (Lipinski definition) is 3. The molecule has 0 saturated carbocycles. The van der Waals surface area contributed by atoms with Crippen LogP contribution < -0.4 is 10.2 Å². The average molecular weight is 221 g/mol. The van der Waals surface area contributed by atoms with E-state index < -0.39 is 0 Å². The van der Waals surface area contributed by atoms with Gasteiger partial charge in [-0.15, -0.1) is 0 Å². The van der Waals surface area contributed by atoms with Gasteiger partial charge >= 0.3 is 0 Å². The summed E-state index contributed by atoms with van der Waals surface area (Å²) in [5, 5.41) is 3.18. The van der Waals surface area contributed by atoms with E-state index in [-0.39, 0.29) is 5.54 Å². The quantitative estimate of drug-likeness (QED) is 0.827. The Labute approximate surface area is 98.9 Å². The summed E-state index contributed by atoms with van der Waals surface area (Å²) in [6.45, 7) is 7.59. The highest BCUT2D eigenvalue weighted by Crippen LogP contribution is 2.27. The monoisotopic (exact) mass is 221 g/mol. The van der Waals surface area contributed by atoms with Gasteiger partial charge in [0.25, 0.3) is 0 Å². The lowest BCUT2D eigenvalue weighted by Crippen LogP contribution is -2.41. The van der Waals surface area contributed by atoms with Crippen molar-refractivity contribution in [3.05, 3.63) is 24.0 Å². The van der Waals surface area contributed by atoms with Gasteiger partial charge in [0.15, 0.2) is 0 Å². The van der Waals surface area contributed by atoms with Gasteiger partial charge in [-0.1, -0.05) is 6.92 Å². The van der Waals surface area contributed by atoms with Crippen molar-refractivity contribution in [2.75, 3.05) is 19.0 Å². The first-order valence-electron chi connectivity index (χ1n) is 5.84. The highest BCUT2D eigenvalue weighted by Gasteiger charge is 2.22. The molecule has 1 rings (SSSR count). The molecule has 0 spiro atoms. The number of anilines is 1. The third-order valence-corrected chi connectivity index (χ3v) is 3.38. The minimum atomic E-state index is 0.170. The molecule has 3 nitrogen and oxygen atoms in total. The zero-order valence-electron chi connectivity index (χ0n) is 11.0. The average Bonchev–Trinajstić information content (AvgIpc) is 2.29. The van der Waals surface area contributed by atoms with Gasteiger partial charge in [-0.3, -0.25) is 4.98 Å². The van der Waals surface area contributed by atoms with Crippen LogP contribution >= 0.6 is 0 Å². The first-order chi connectivity index (χ1) is 7.53. The minimum Gasteiger partial charge on any atom is -0.369 e. The minimum absolute atomic E-state index is 0.170. The number of pyridine rings is 1. The van der Waals surface area contributed by atoms with Gasteiger partial charge < -0.3 is 10.2 Å². The molecule has 1 aromatic heterocycles. The molecule has 1 N–H and O–H groups in total. The molecule has 0 aliphatic heterocycles. The molecule has 0 fully saturated rings. The summed E-state index contributed by atoms with van der Waals surface area (Å²) in [7, 11) is 4.11. The molecule has 0 unspecified atom stereocenters. The van der Waals surface area contributed by atoms with Gasteiger partial charge in [0.1, 0.15) is 0 Å². The summed E-state index contributed by atoms with van der Waals surface area (Å²) in [4.78, 5) is 6.52. The Kier molecular flexibility index (Phi) is 4.30. The van der Waals surface area contributed by atoms with E-state index in [1.807, 2.05) is 19.4 Å². The molecule has 90 valence electrons. The number of nitrogens with zero attached hydrogens (tertiary/aromatic N) is 2. The second kappa shape index (κ2) is 5.30. The zero-order chi connectivity index (χ0) is 12.2. The van der Waals surface area contributed by atoms with Crippen molar-refractivity contribution in [2.45, 2.75) is 39.3 Å². The van der Waals surface area contributed by atoms with Crippen LogP contribution in [0.5, 0.6) is 0 Å². The summed E-state index contributed by atoms with van der Waals surface area (Å²) >= 11 is 0. The Hall–Kier alpha value is -1.09. The lowest BCUT2D eigenvalue weighted by atomic mass is 9.98. The zero-order valence-corrected chi connectivity index (χ0v) is 11.0. The Morgan fingerprint density at radius 2 is 2.12 bits per heavy atom. The van der Waals surface area contributed by atoms with Gasteiger partial charge in [0.2, 0.25) is 0 Å². The largest absolute Gasteiger partial charge is 0.369 e. The molecule has 0 atom stereocenters. The van der Waals surface area contributed by atoms with Gasteiger partial charge in [0, 0.05) is 42.8 Å². The van der Waals surface area contributed by atoms with E-state index in [1.165, 1.54) is 11.3 Å². The first kappa shape index (κ1) is 13.0. The normalized spacial score (nSPS) is 11.6. The predicted molar refractivity (Wildman–Crippen MR) is 69.8 cm³/mol. The predicted octanol–water partition coefficient (Wildman–Crippen LogP) is 2.43. The molecule has 0 amide bonds. The Morgan fingerprint density at radius 1 is 1.44 bits per heavy atom. The van der Waals surface area contributed by atoms with Crippen LogP contribution in [0.3, 0.4) is 0 Å². The Morgan fingerprint density at radius 3 is 2.69 bits per heavy atom. The number of aromatic nitrogens is 1. The molecule has 0 saturated heterocycles. The molecule has 1 aromatic rings. The standard InChI is InChI=1S/C13H23N3/c1-6-13(2,3)16(5)12-7-8-15-10-11(12)9-14-4/h7-8,10,14H,6,9H2,1-5H3. The van der Waals surface area contributed by atoms with Crippen molar-refractivity contribution in [3.63, 3.8) is 0 Å². The molecule has 3 heteroatoms. The van der Waals surface area contributed by atoms with E-state index in [0.717, 1.165) is 13.0 Å².